The second-order valence-corrected chi connectivity index (χ2v) is 7.53. The van der Waals surface area contributed by atoms with Gasteiger partial charge in [-0.25, -0.2) is 9.69 Å². The number of benzene rings is 1. The number of anilines is 1. The molecule has 1 saturated carbocycles. The third-order valence-corrected chi connectivity index (χ3v) is 5.57. The maximum absolute atomic E-state index is 12.7. The predicted molar refractivity (Wildman–Crippen MR) is 99.9 cm³/mol. The molecule has 0 radical (unpaired) electrons. The zero-order valence-corrected chi connectivity index (χ0v) is 15.9. The molecule has 144 valence electrons. The number of nitrogens with zero attached hydrogens (tertiary/aromatic N) is 2. The van der Waals surface area contributed by atoms with E-state index < -0.39 is 30.3 Å². The highest BCUT2D eigenvalue weighted by Gasteiger charge is 2.49. The number of rotatable bonds is 4. The van der Waals surface area contributed by atoms with Gasteiger partial charge in [-0.1, -0.05) is 25.8 Å². The van der Waals surface area contributed by atoms with E-state index in [2.05, 4.69) is 5.32 Å². The highest BCUT2D eigenvalue weighted by Crippen LogP contribution is 2.31. The fourth-order valence-electron chi connectivity index (χ4n) is 3.80. The number of imide groups is 2. The summed E-state index contributed by atoms with van der Waals surface area (Å²) >= 11 is 0. The lowest BCUT2D eigenvalue weighted by molar-refractivity contribution is -0.145. The van der Waals surface area contributed by atoms with Crippen LogP contribution < -0.4 is 5.32 Å². The molecule has 1 aromatic rings. The van der Waals surface area contributed by atoms with E-state index in [-0.39, 0.29) is 12.0 Å². The van der Waals surface area contributed by atoms with Gasteiger partial charge in [0.25, 0.3) is 0 Å². The van der Waals surface area contributed by atoms with Crippen LogP contribution in [-0.2, 0) is 14.4 Å². The minimum atomic E-state index is -0.923. The molecule has 1 N–H and O–H groups in total. The van der Waals surface area contributed by atoms with Gasteiger partial charge in [0.15, 0.2) is 0 Å². The van der Waals surface area contributed by atoms with Crippen LogP contribution in [0.4, 0.5) is 10.5 Å². The van der Waals surface area contributed by atoms with Crippen LogP contribution in [-0.4, -0.2) is 46.1 Å². The molecule has 2 atom stereocenters. The van der Waals surface area contributed by atoms with Gasteiger partial charge in [-0.15, -0.1) is 0 Å². The number of hydrogen-bond acceptors (Lipinski definition) is 4. The Morgan fingerprint density at radius 1 is 1.07 bits per heavy atom. The Kier molecular flexibility index (Phi) is 5.30. The molecule has 5 amide bonds. The molecule has 0 aromatic heterocycles. The maximum atomic E-state index is 12.7. The summed E-state index contributed by atoms with van der Waals surface area (Å²) in [5.41, 5.74) is 2.71. The molecule has 1 heterocycles. The van der Waals surface area contributed by atoms with Gasteiger partial charge < -0.3 is 5.32 Å². The largest absolute Gasteiger partial charge is 0.334 e. The third-order valence-electron chi connectivity index (χ3n) is 5.57. The lowest BCUT2D eigenvalue weighted by Gasteiger charge is -2.34. The zero-order chi connectivity index (χ0) is 19.7. The smallest absolute Gasteiger partial charge is 0.325 e. The van der Waals surface area contributed by atoms with E-state index in [9.17, 15) is 19.2 Å². The molecular formula is C20H25N3O4. The van der Waals surface area contributed by atoms with E-state index in [0.717, 1.165) is 40.2 Å². The molecule has 2 aliphatic rings. The summed E-state index contributed by atoms with van der Waals surface area (Å²) in [7, 11) is 0. The lowest BCUT2D eigenvalue weighted by atomic mass is 9.85. The van der Waals surface area contributed by atoms with E-state index in [0.29, 0.717) is 12.1 Å². The van der Waals surface area contributed by atoms with Gasteiger partial charge in [-0.2, -0.15) is 0 Å². The number of hydrogen-bond donors (Lipinski definition) is 1. The first-order chi connectivity index (χ1) is 12.8. The van der Waals surface area contributed by atoms with Gasteiger partial charge in [0, 0.05) is 11.7 Å². The van der Waals surface area contributed by atoms with Gasteiger partial charge in [0.2, 0.25) is 5.91 Å². The molecular weight excluding hydrogens is 346 g/mol. The molecule has 3 rings (SSSR count). The standard InChI is InChI=1S/C20H25N3O4/c1-12-8-9-15(10-14(12)3)21-17(24)11-22-18(25)19(26)23(20(22)27)16-7-5-4-6-13(16)2/h8-10,13,16H,4-7,11H2,1-3H3,(H,21,24)/t13-,16-/m1/s1. The second-order valence-electron chi connectivity index (χ2n) is 7.53. The van der Waals surface area contributed by atoms with Gasteiger partial charge >= 0.3 is 17.8 Å². The van der Waals surface area contributed by atoms with Gasteiger partial charge in [0.1, 0.15) is 6.54 Å². The first-order valence-corrected chi connectivity index (χ1v) is 9.35. The van der Waals surface area contributed by atoms with Crippen molar-refractivity contribution in [2.75, 3.05) is 11.9 Å². The average molecular weight is 371 g/mol. The van der Waals surface area contributed by atoms with E-state index in [4.69, 9.17) is 0 Å². The van der Waals surface area contributed by atoms with Crippen molar-refractivity contribution in [3.8, 4) is 0 Å². The number of urea groups is 1. The quantitative estimate of drug-likeness (QED) is 0.651. The van der Waals surface area contributed by atoms with Crippen molar-refractivity contribution in [2.24, 2.45) is 5.92 Å². The minimum Gasteiger partial charge on any atom is -0.325 e. The average Bonchev–Trinajstić information content (AvgIpc) is 2.82. The van der Waals surface area contributed by atoms with Crippen molar-refractivity contribution in [3.05, 3.63) is 29.3 Å². The van der Waals surface area contributed by atoms with Crippen molar-refractivity contribution in [1.29, 1.82) is 0 Å². The summed E-state index contributed by atoms with van der Waals surface area (Å²) in [4.78, 5) is 51.5. The van der Waals surface area contributed by atoms with Crippen molar-refractivity contribution >= 4 is 29.4 Å². The Bertz CT molecular complexity index is 804. The first kappa shape index (κ1) is 19.1. The zero-order valence-electron chi connectivity index (χ0n) is 15.9. The molecule has 2 fully saturated rings. The summed E-state index contributed by atoms with van der Waals surface area (Å²) in [6.07, 6.45) is 3.61. The van der Waals surface area contributed by atoms with E-state index in [1.807, 2.05) is 32.9 Å². The van der Waals surface area contributed by atoms with Crippen LogP contribution in [0.15, 0.2) is 18.2 Å². The topological polar surface area (TPSA) is 86.8 Å². The predicted octanol–water partition coefficient (Wildman–Crippen LogP) is 2.61. The molecule has 27 heavy (non-hydrogen) atoms. The monoisotopic (exact) mass is 371 g/mol. The van der Waals surface area contributed by atoms with Crippen LogP contribution in [0.25, 0.3) is 0 Å². The van der Waals surface area contributed by atoms with Crippen molar-refractivity contribution in [2.45, 2.75) is 52.5 Å². The van der Waals surface area contributed by atoms with Crippen LogP contribution in [0.2, 0.25) is 0 Å². The normalized spacial score (nSPS) is 23.1. The minimum absolute atomic E-state index is 0.156. The molecule has 1 aromatic carbocycles. The van der Waals surface area contributed by atoms with Crippen molar-refractivity contribution in [1.82, 2.24) is 9.80 Å². The second kappa shape index (κ2) is 7.50. The van der Waals surface area contributed by atoms with Crippen LogP contribution in [0.1, 0.15) is 43.7 Å². The SMILES string of the molecule is Cc1ccc(NC(=O)CN2C(=O)C(=O)N([C@@H]3CCCC[C@H]3C)C2=O)cc1C. The van der Waals surface area contributed by atoms with E-state index in [1.54, 1.807) is 6.07 Å². The summed E-state index contributed by atoms with van der Waals surface area (Å²) in [5, 5.41) is 2.68. The van der Waals surface area contributed by atoms with Gasteiger partial charge in [-0.3, -0.25) is 19.3 Å². The number of carbonyl (C=O) groups excluding carboxylic acids is 4. The molecule has 0 bridgehead atoms. The molecule has 7 nitrogen and oxygen atoms in total. The highest BCUT2D eigenvalue weighted by atomic mass is 16.2. The molecule has 1 aliphatic carbocycles. The Morgan fingerprint density at radius 3 is 2.44 bits per heavy atom. The van der Waals surface area contributed by atoms with Crippen LogP contribution in [0.5, 0.6) is 0 Å². The fourth-order valence-corrected chi connectivity index (χ4v) is 3.80. The third kappa shape index (κ3) is 3.72. The van der Waals surface area contributed by atoms with Crippen LogP contribution in [0, 0.1) is 19.8 Å². The highest BCUT2D eigenvalue weighted by molar-refractivity contribution is 6.45. The lowest BCUT2D eigenvalue weighted by Crippen LogP contribution is -2.46. The molecule has 0 spiro atoms. The number of carbonyl (C=O) groups is 4. The number of aryl methyl sites for hydroxylation is 2. The molecule has 1 saturated heterocycles. The fraction of sp³-hybridized carbons (Fsp3) is 0.500. The Labute approximate surface area is 158 Å². The number of nitrogens with one attached hydrogen (secondary N) is 1. The summed E-state index contributed by atoms with van der Waals surface area (Å²) < 4.78 is 0. The Morgan fingerprint density at radius 2 is 1.78 bits per heavy atom. The molecule has 0 unspecified atom stereocenters. The van der Waals surface area contributed by atoms with E-state index >= 15 is 0 Å². The van der Waals surface area contributed by atoms with Crippen LogP contribution >= 0.6 is 0 Å². The van der Waals surface area contributed by atoms with E-state index in [1.165, 1.54) is 0 Å². The van der Waals surface area contributed by atoms with Crippen molar-refractivity contribution in [3.63, 3.8) is 0 Å². The van der Waals surface area contributed by atoms with Gasteiger partial charge in [-0.05, 0) is 55.9 Å². The molecule has 7 heteroatoms. The maximum Gasteiger partial charge on any atom is 0.334 e. The first-order valence-electron chi connectivity index (χ1n) is 9.35. The Balaban J connectivity index is 1.70. The Hall–Kier alpha value is -2.70. The van der Waals surface area contributed by atoms with Crippen LogP contribution in [0.3, 0.4) is 0 Å². The summed E-state index contributed by atoms with van der Waals surface area (Å²) in [6, 6.07) is 4.51. The summed E-state index contributed by atoms with van der Waals surface area (Å²) in [5.74, 6) is -2.10. The van der Waals surface area contributed by atoms with Crippen molar-refractivity contribution < 1.29 is 19.2 Å². The van der Waals surface area contributed by atoms with Gasteiger partial charge in [0.05, 0.1) is 0 Å². The molecule has 1 aliphatic heterocycles. The summed E-state index contributed by atoms with van der Waals surface area (Å²) in [6.45, 7) is 5.42. The number of amides is 5.